The van der Waals surface area contributed by atoms with E-state index in [0.717, 1.165) is 0 Å². The third-order valence-corrected chi connectivity index (χ3v) is 0. The molecule has 4 heteroatoms. The molecule has 0 fully saturated rings. The first-order chi connectivity index (χ1) is 0. The van der Waals surface area contributed by atoms with Gasteiger partial charge in [-0.25, -0.2) is 0 Å². The molecule has 0 unspecified atom stereocenters. The third kappa shape index (κ3) is 8.91. The molecule has 0 saturated carbocycles. The van der Waals surface area contributed by atoms with Gasteiger partial charge in [-0.2, -0.15) is 0 Å². The monoisotopic (exact) mass is 148 g/mol. The standard InChI is InChI=1S/Al.Li.Mn.Ni.H/q;+1;;;-1. The maximum absolute atomic E-state index is 0. The second-order valence-electron chi connectivity index (χ2n) is 0. The quantitative estimate of drug-likeness (QED) is 0.317. The molecule has 22 valence electrons. The molecule has 0 bridgehead atoms. The molecule has 4 radical (unpaired) electrons. The topological polar surface area (TPSA) is 0 Å². The van der Waals surface area contributed by atoms with Crippen molar-refractivity contribution in [2.24, 2.45) is 0 Å². The molecule has 0 aliphatic heterocycles. The Bertz CT molecular complexity index is 11.6. The number of hydrogen-bond acceptors (Lipinski definition) is 0. The Morgan fingerprint density at radius 3 is 1.25 bits per heavy atom. The molecule has 0 aromatic rings. The summed E-state index contributed by atoms with van der Waals surface area (Å²) in [6.07, 6.45) is 0. The fourth-order valence-electron chi connectivity index (χ4n) is 0. The van der Waals surface area contributed by atoms with Crippen LogP contribution in [-0.2, 0) is 33.6 Å². The SMILES string of the molecule is [Al].[H-].[Li+].[Mn].[Ni]. The van der Waals surface area contributed by atoms with Gasteiger partial charge in [0, 0.05) is 50.9 Å². The van der Waals surface area contributed by atoms with Gasteiger partial charge < -0.3 is 1.43 Å². The van der Waals surface area contributed by atoms with E-state index in [1.807, 2.05) is 0 Å². The van der Waals surface area contributed by atoms with Crippen LogP contribution in [0, 0.1) is 0 Å². The van der Waals surface area contributed by atoms with Crippen molar-refractivity contribution in [3.8, 4) is 0 Å². The van der Waals surface area contributed by atoms with Crippen LogP contribution in [0.4, 0.5) is 0 Å². The van der Waals surface area contributed by atoms with E-state index in [0.29, 0.717) is 0 Å². The summed E-state index contributed by atoms with van der Waals surface area (Å²) < 4.78 is 0. The summed E-state index contributed by atoms with van der Waals surface area (Å²) in [6.45, 7) is 0. The zero-order chi connectivity index (χ0) is 0. The van der Waals surface area contributed by atoms with Crippen molar-refractivity contribution in [3.05, 3.63) is 0 Å². The van der Waals surface area contributed by atoms with Gasteiger partial charge >= 0.3 is 18.9 Å². The molecule has 0 aliphatic rings. The molecule has 0 atom stereocenters. The molecule has 0 aromatic carbocycles. The Morgan fingerprint density at radius 1 is 1.25 bits per heavy atom. The first kappa shape index (κ1) is 35.4. The zero-order valence-corrected chi connectivity index (χ0v) is 5.59. The zero-order valence-electron chi connectivity index (χ0n) is 3.27. The van der Waals surface area contributed by atoms with Crippen LogP contribution < -0.4 is 18.9 Å². The predicted octanol–water partition coefficient (Wildman–Crippen LogP) is -3.27. The van der Waals surface area contributed by atoms with E-state index in [-0.39, 0.29) is 71.2 Å². The van der Waals surface area contributed by atoms with Crippen LogP contribution in [0.5, 0.6) is 0 Å². The van der Waals surface area contributed by atoms with Crippen LogP contribution in [0.1, 0.15) is 1.43 Å². The predicted molar refractivity (Wildman–Crippen MR) is 6.87 cm³/mol. The summed E-state index contributed by atoms with van der Waals surface area (Å²) in [4.78, 5) is 0. The molecule has 0 heterocycles. The Hall–Kier alpha value is 2.14. The molecule has 0 rings (SSSR count). The summed E-state index contributed by atoms with van der Waals surface area (Å²) in [5.74, 6) is 0. The first-order valence-electron chi connectivity index (χ1n) is 0. The van der Waals surface area contributed by atoms with Crippen LogP contribution in [0.2, 0.25) is 0 Å². The molecule has 0 amide bonds. The minimum atomic E-state index is 0. The van der Waals surface area contributed by atoms with Crippen molar-refractivity contribution in [3.63, 3.8) is 0 Å². The summed E-state index contributed by atoms with van der Waals surface area (Å²) in [5, 5.41) is 0. The van der Waals surface area contributed by atoms with E-state index in [1.54, 1.807) is 0 Å². The van der Waals surface area contributed by atoms with E-state index < -0.39 is 0 Å². The molecular formula is HAlLiMnNi. The van der Waals surface area contributed by atoms with Crippen molar-refractivity contribution < 1.29 is 53.8 Å². The van der Waals surface area contributed by atoms with Gasteiger partial charge in [-0.15, -0.1) is 0 Å². The maximum atomic E-state index is 0. The third-order valence-electron chi connectivity index (χ3n) is 0. The number of rotatable bonds is 0. The largest absolute Gasteiger partial charge is 1.00 e. The number of hydrogen-bond donors (Lipinski definition) is 0. The van der Waals surface area contributed by atoms with E-state index in [9.17, 15) is 0 Å². The van der Waals surface area contributed by atoms with Gasteiger partial charge in [0.15, 0.2) is 0 Å². The van der Waals surface area contributed by atoms with Crippen molar-refractivity contribution >= 4 is 17.4 Å². The molecule has 0 spiro atoms. The molecule has 0 aliphatic carbocycles. The van der Waals surface area contributed by atoms with Crippen LogP contribution in [0.25, 0.3) is 0 Å². The summed E-state index contributed by atoms with van der Waals surface area (Å²) in [7, 11) is 0. The van der Waals surface area contributed by atoms with Gasteiger partial charge in [-0.3, -0.25) is 0 Å². The average Bonchev–Trinajstić information content (AvgIpc) is 0. The van der Waals surface area contributed by atoms with Gasteiger partial charge in [-0.05, 0) is 0 Å². The normalized spacial score (nSPS) is 0. The average molecular weight is 149 g/mol. The van der Waals surface area contributed by atoms with Gasteiger partial charge in [-0.1, -0.05) is 0 Å². The summed E-state index contributed by atoms with van der Waals surface area (Å²) in [6, 6.07) is 0. The second-order valence-corrected chi connectivity index (χ2v) is 0. The molecule has 0 saturated heterocycles. The van der Waals surface area contributed by atoms with E-state index >= 15 is 0 Å². The Balaban J connectivity index is 0. The Labute approximate surface area is 70.7 Å². The van der Waals surface area contributed by atoms with Crippen molar-refractivity contribution in [2.75, 3.05) is 0 Å². The minimum Gasteiger partial charge on any atom is -1.00 e. The van der Waals surface area contributed by atoms with Crippen LogP contribution in [0.3, 0.4) is 0 Å². The molecular weight excluding hydrogens is 148 g/mol. The van der Waals surface area contributed by atoms with Gasteiger partial charge in [0.05, 0.1) is 0 Å². The molecule has 0 nitrogen and oxygen atoms in total. The Kier molecular flexibility index (Phi) is 170. The van der Waals surface area contributed by atoms with E-state index in [2.05, 4.69) is 0 Å². The van der Waals surface area contributed by atoms with Crippen molar-refractivity contribution in [2.45, 2.75) is 0 Å². The maximum Gasteiger partial charge on any atom is 1.00 e. The van der Waals surface area contributed by atoms with Crippen molar-refractivity contribution in [1.82, 2.24) is 0 Å². The van der Waals surface area contributed by atoms with Crippen LogP contribution >= 0.6 is 0 Å². The fourth-order valence-corrected chi connectivity index (χ4v) is 0. The van der Waals surface area contributed by atoms with Gasteiger partial charge in [0.1, 0.15) is 0 Å². The van der Waals surface area contributed by atoms with Gasteiger partial charge in [0.25, 0.3) is 0 Å². The van der Waals surface area contributed by atoms with Crippen molar-refractivity contribution in [1.29, 1.82) is 0 Å². The summed E-state index contributed by atoms with van der Waals surface area (Å²) >= 11 is 0. The summed E-state index contributed by atoms with van der Waals surface area (Å²) in [5.41, 5.74) is 0. The fraction of sp³-hybridized carbons (Fsp3) is 0. The molecule has 0 N–H and O–H groups in total. The first-order valence-corrected chi connectivity index (χ1v) is 0. The van der Waals surface area contributed by atoms with Crippen LogP contribution in [-0.4, -0.2) is 17.4 Å². The molecule has 0 aromatic heterocycles. The van der Waals surface area contributed by atoms with Gasteiger partial charge in [0.2, 0.25) is 0 Å². The smallest absolute Gasteiger partial charge is 1.00 e. The van der Waals surface area contributed by atoms with Crippen LogP contribution in [0.15, 0.2) is 0 Å². The van der Waals surface area contributed by atoms with E-state index in [4.69, 9.17) is 0 Å². The molecule has 4 heavy (non-hydrogen) atoms. The second kappa shape index (κ2) is 19.2. The van der Waals surface area contributed by atoms with E-state index in [1.165, 1.54) is 0 Å². The minimum absolute atomic E-state index is 0. The Morgan fingerprint density at radius 2 is 1.25 bits per heavy atom.